The van der Waals surface area contributed by atoms with Gasteiger partial charge in [0.1, 0.15) is 6.61 Å². The lowest BCUT2D eigenvalue weighted by Gasteiger charge is -2.17. The lowest BCUT2D eigenvalue weighted by atomic mass is 10.1. The third-order valence-electron chi connectivity index (χ3n) is 3.68. The number of hydrogen-bond donors (Lipinski definition) is 2. The zero-order chi connectivity index (χ0) is 18.8. The number of aliphatic hydroxyl groups is 1. The standard InChI is InChI=1S/C19H23BrClNO4/c1-24-18-7-6-16(20)15(12-22-8-10-25-11-9-23)19(18)26-13-14-4-2-3-5-17(14)21/h2-7,22-23H,8-13H2,1H3. The van der Waals surface area contributed by atoms with Gasteiger partial charge in [0.2, 0.25) is 0 Å². The van der Waals surface area contributed by atoms with Crippen molar-refractivity contribution in [2.45, 2.75) is 13.2 Å². The van der Waals surface area contributed by atoms with E-state index in [0.29, 0.717) is 49.4 Å². The molecule has 142 valence electrons. The van der Waals surface area contributed by atoms with Crippen molar-refractivity contribution in [3.05, 3.63) is 57.0 Å². The van der Waals surface area contributed by atoms with E-state index in [9.17, 15) is 0 Å². The molecule has 0 spiro atoms. The van der Waals surface area contributed by atoms with Gasteiger partial charge in [0.05, 0.1) is 26.9 Å². The quantitative estimate of drug-likeness (QED) is 0.516. The highest BCUT2D eigenvalue weighted by Crippen LogP contribution is 2.37. The van der Waals surface area contributed by atoms with Gasteiger partial charge < -0.3 is 24.6 Å². The van der Waals surface area contributed by atoms with E-state index in [1.54, 1.807) is 7.11 Å². The highest BCUT2D eigenvalue weighted by atomic mass is 79.9. The molecule has 0 amide bonds. The van der Waals surface area contributed by atoms with Gasteiger partial charge >= 0.3 is 0 Å². The van der Waals surface area contributed by atoms with E-state index < -0.39 is 0 Å². The first kappa shape index (κ1) is 21.0. The zero-order valence-corrected chi connectivity index (χ0v) is 17.0. The smallest absolute Gasteiger partial charge is 0.167 e. The average Bonchev–Trinajstić information content (AvgIpc) is 2.65. The van der Waals surface area contributed by atoms with Gasteiger partial charge in [-0.25, -0.2) is 0 Å². The van der Waals surface area contributed by atoms with Gasteiger partial charge in [-0.2, -0.15) is 0 Å². The van der Waals surface area contributed by atoms with Crippen molar-refractivity contribution in [1.82, 2.24) is 5.32 Å². The van der Waals surface area contributed by atoms with Crippen LogP contribution in [0.4, 0.5) is 0 Å². The predicted molar refractivity (Wildman–Crippen MR) is 106 cm³/mol. The molecule has 0 radical (unpaired) electrons. The Labute approximate surface area is 167 Å². The molecule has 0 aliphatic rings. The first-order valence-corrected chi connectivity index (χ1v) is 9.45. The molecule has 0 heterocycles. The molecule has 2 aromatic rings. The van der Waals surface area contributed by atoms with Crippen LogP contribution in [0.5, 0.6) is 11.5 Å². The first-order valence-electron chi connectivity index (χ1n) is 8.28. The fourth-order valence-corrected chi connectivity index (χ4v) is 3.00. The zero-order valence-electron chi connectivity index (χ0n) is 14.6. The lowest BCUT2D eigenvalue weighted by molar-refractivity contribution is 0.0937. The van der Waals surface area contributed by atoms with Gasteiger partial charge in [0.15, 0.2) is 11.5 Å². The van der Waals surface area contributed by atoms with E-state index in [1.165, 1.54) is 0 Å². The van der Waals surface area contributed by atoms with Gasteiger partial charge in [-0.1, -0.05) is 45.7 Å². The van der Waals surface area contributed by atoms with Crippen molar-refractivity contribution >= 4 is 27.5 Å². The normalized spacial score (nSPS) is 10.8. The maximum absolute atomic E-state index is 8.71. The Morgan fingerprint density at radius 3 is 2.69 bits per heavy atom. The minimum Gasteiger partial charge on any atom is -0.493 e. The molecule has 2 aromatic carbocycles. The molecule has 26 heavy (non-hydrogen) atoms. The molecule has 2 N–H and O–H groups in total. The van der Waals surface area contributed by atoms with E-state index in [4.69, 9.17) is 30.9 Å². The van der Waals surface area contributed by atoms with Crippen LogP contribution in [-0.2, 0) is 17.9 Å². The number of methoxy groups -OCH3 is 1. The molecule has 0 aromatic heterocycles. The van der Waals surface area contributed by atoms with Crippen LogP contribution in [0.15, 0.2) is 40.9 Å². The summed E-state index contributed by atoms with van der Waals surface area (Å²) in [5, 5.41) is 12.7. The van der Waals surface area contributed by atoms with E-state index in [1.807, 2.05) is 36.4 Å². The third-order valence-corrected chi connectivity index (χ3v) is 4.79. The number of nitrogens with one attached hydrogen (secondary N) is 1. The fourth-order valence-electron chi connectivity index (χ4n) is 2.36. The van der Waals surface area contributed by atoms with Gasteiger partial charge in [0, 0.05) is 33.7 Å². The molecular formula is C19H23BrClNO4. The number of benzene rings is 2. The fraction of sp³-hybridized carbons (Fsp3) is 0.368. The van der Waals surface area contributed by atoms with Crippen molar-refractivity contribution in [1.29, 1.82) is 0 Å². The summed E-state index contributed by atoms with van der Waals surface area (Å²) in [7, 11) is 1.62. The van der Waals surface area contributed by atoms with Crippen LogP contribution in [0.2, 0.25) is 5.02 Å². The molecule has 2 rings (SSSR count). The molecule has 0 saturated heterocycles. The first-order chi connectivity index (χ1) is 12.7. The minimum absolute atomic E-state index is 0.0292. The van der Waals surface area contributed by atoms with Gasteiger partial charge in [0.25, 0.3) is 0 Å². The van der Waals surface area contributed by atoms with Crippen LogP contribution in [0, 0.1) is 0 Å². The van der Waals surface area contributed by atoms with Crippen LogP contribution in [-0.4, -0.2) is 38.6 Å². The highest BCUT2D eigenvalue weighted by molar-refractivity contribution is 9.10. The Balaban J connectivity index is 2.07. The van der Waals surface area contributed by atoms with Gasteiger partial charge in [-0.15, -0.1) is 0 Å². The topological polar surface area (TPSA) is 60.0 Å². The van der Waals surface area contributed by atoms with Gasteiger partial charge in [-0.3, -0.25) is 0 Å². The number of aliphatic hydroxyl groups excluding tert-OH is 1. The van der Waals surface area contributed by atoms with Crippen LogP contribution in [0.3, 0.4) is 0 Å². The summed E-state index contributed by atoms with van der Waals surface area (Å²) in [6.07, 6.45) is 0. The second kappa shape index (κ2) is 11.4. The second-order valence-electron chi connectivity index (χ2n) is 5.45. The molecular weight excluding hydrogens is 422 g/mol. The Kier molecular flexibility index (Phi) is 9.22. The molecule has 0 atom stereocenters. The number of hydrogen-bond acceptors (Lipinski definition) is 5. The lowest BCUT2D eigenvalue weighted by Crippen LogP contribution is -2.20. The molecule has 0 fully saturated rings. The summed E-state index contributed by atoms with van der Waals surface area (Å²) in [6, 6.07) is 11.4. The van der Waals surface area contributed by atoms with Crippen molar-refractivity contribution in [3.63, 3.8) is 0 Å². The monoisotopic (exact) mass is 443 g/mol. The Morgan fingerprint density at radius 1 is 1.15 bits per heavy atom. The van der Waals surface area contributed by atoms with Crippen molar-refractivity contribution < 1.29 is 19.3 Å². The van der Waals surface area contributed by atoms with Crippen LogP contribution in [0.25, 0.3) is 0 Å². The Bertz CT molecular complexity index is 699. The molecule has 0 aliphatic heterocycles. The third kappa shape index (κ3) is 6.14. The SMILES string of the molecule is COc1ccc(Br)c(CNCCOCCO)c1OCc1ccccc1Cl. The van der Waals surface area contributed by atoms with Crippen LogP contribution in [0.1, 0.15) is 11.1 Å². The molecule has 0 aliphatic carbocycles. The van der Waals surface area contributed by atoms with E-state index >= 15 is 0 Å². The maximum atomic E-state index is 8.71. The summed E-state index contributed by atoms with van der Waals surface area (Å²) in [6.45, 7) is 2.49. The van der Waals surface area contributed by atoms with Crippen LogP contribution < -0.4 is 14.8 Å². The minimum atomic E-state index is 0.0292. The van der Waals surface area contributed by atoms with E-state index in [-0.39, 0.29) is 6.61 Å². The van der Waals surface area contributed by atoms with E-state index in [2.05, 4.69) is 21.2 Å². The molecule has 0 bridgehead atoms. The Morgan fingerprint density at radius 2 is 1.96 bits per heavy atom. The van der Waals surface area contributed by atoms with Crippen LogP contribution >= 0.6 is 27.5 Å². The Hall–Kier alpha value is -1.31. The summed E-state index contributed by atoms with van der Waals surface area (Å²) in [5.74, 6) is 1.33. The number of ether oxygens (including phenoxy) is 3. The van der Waals surface area contributed by atoms with Crippen molar-refractivity contribution in [3.8, 4) is 11.5 Å². The van der Waals surface area contributed by atoms with Crippen molar-refractivity contribution in [2.75, 3.05) is 33.5 Å². The highest BCUT2D eigenvalue weighted by Gasteiger charge is 2.15. The number of rotatable bonds is 11. The maximum Gasteiger partial charge on any atom is 0.167 e. The summed E-state index contributed by atoms with van der Waals surface area (Å²) in [4.78, 5) is 0. The summed E-state index contributed by atoms with van der Waals surface area (Å²) < 4.78 is 17.7. The largest absolute Gasteiger partial charge is 0.493 e. The van der Waals surface area contributed by atoms with Gasteiger partial charge in [-0.05, 0) is 18.2 Å². The summed E-state index contributed by atoms with van der Waals surface area (Å²) in [5.41, 5.74) is 1.87. The molecule has 0 saturated carbocycles. The number of halogens is 2. The summed E-state index contributed by atoms with van der Waals surface area (Å²) >= 11 is 9.79. The van der Waals surface area contributed by atoms with Crippen molar-refractivity contribution in [2.24, 2.45) is 0 Å². The average molecular weight is 445 g/mol. The predicted octanol–water partition coefficient (Wildman–Crippen LogP) is 3.79. The van der Waals surface area contributed by atoms with E-state index in [0.717, 1.165) is 15.6 Å². The molecule has 5 nitrogen and oxygen atoms in total. The molecule has 7 heteroatoms. The second-order valence-corrected chi connectivity index (χ2v) is 6.71. The molecule has 0 unspecified atom stereocenters.